The molecule has 0 saturated carbocycles. The molecule has 0 aliphatic heterocycles. The summed E-state index contributed by atoms with van der Waals surface area (Å²) in [5.41, 5.74) is 12.6. The summed E-state index contributed by atoms with van der Waals surface area (Å²) >= 11 is 1.32. The Kier molecular flexibility index (Phi) is 6.59. The number of nitrogens with zero attached hydrogens (tertiary/aromatic N) is 2. The quantitative estimate of drug-likeness (QED) is 0.520. The Hall–Kier alpha value is -2.80. The Morgan fingerprint density at radius 3 is 2.64 bits per heavy atom. The van der Waals surface area contributed by atoms with Crippen LogP contribution >= 0.6 is 11.8 Å². The third-order valence-electron chi connectivity index (χ3n) is 3.08. The van der Waals surface area contributed by atoms with Crippen molar-refractivity contribution in [3.63, 3.8) is 0 Å². The fourth-order valence-electron chi connectivity index (χ4n) is 1.97. The van der Waals surface area contributed by atoms with Gasteiger partial charge in [0.2, 0.25) is 0 Å². The molecule has 0 aliphatic carbocycles. The average molecular weight is 357 g/mol. The van der Waals surface area contributed by atoms with Crippen molar-refractivity contribution in [1.29, 1.82) is 0 Å². The maximum absolute atomic E-state index is 14.3. The SMILES string of the molecule is C=C(N)NC(=CC(N)=Nc1ccc(Sc2ccncc2)c(F)c1)CC. The number of amidine groups is 1. The molecule has 1 aromatic heterocycles. The van der Waals surface area contributed by atoms with Gasteiger partial charge in [0.1, 0.15) is 11.7 Å². The summed E-state index contributed by atoms with van der Waals surface area (Å²) in [6.45, 7) is 5.52. The Morgan fingerprint density at radius 1 is 1.32 bits per heavy atom. The van der Waals surface area contributed by atoms with Gasteiger partial charge in [0.15, 0.2) is 0 Å². The zero-order valence-electron chi connectivity index (χ0n) is 13.9. The van der Waals surface area contributed by atoms with Gasteiger partial charge in [0.25, 0.3) is 0 Å². The van der Waals surface area contributed by atoms with Crippen molar-refractivity contribution in [1.82, 2.24) is 10.3 Å². The van der Waals surface area contributed by atoms with Crippen LogP contribution in [-0.4, -0.2) is 10.8 Å². The van der Waals surface area contributed by atoms with E-state index in [1.54, 1.807) is 30.6 Å². The van der Waals surface area contributed by atoms with Gasteiger partial charge in [-0.3, -0.25) is 4.98 Å². The van der Waals surface area contributed by atoms with Crippen molar-refractivity contribution in [3.8, 4) is 0 Å². The average Bonchev–Trinajstić information content (AvgIpc) is 2.57. The van der Waals surface area contributed by atoms with Crippen LogP contribution in [0, 0.1) is 5.82 Å². The molecule has 5 nitrogen and oxygen atoms in total. The number of hydrogen-bond acceptors (Lipinski definition) is 5. The van der Waals surface area contributed by atoms with Crippen LogP contribution in [0.15, 0.2) is 81.7 Å². The van der Waals surface area contributed by atoms with E-state index in [9.17, 15) is 4.39 Å². The van der Waals surface area contributed by atoms with Gasteiger partial charge < -0.3 is 16.8 Å². The van der Waals surface area contributed by atoms with E-state index < -0.39 is 0 Å². The van der Waals surface area contributed by atoms with Gasteiger partial charge in [0.05, 0.1) is 11.5 Å². The normalized spacial score (nSPS) is 12.1. The van der Waals surface area contributed by atoms with Crippen molar-refractivity contribution in [3.05, 3.63) is 72.7 Å². The maximum atomic E-state index is 14.3. The lowest BCUT2D eigenvalue weighted by molar-refractivity contribution is 0.602. The second-order valence-electron chi connectivity index (χ2n) is 5.11. The number of benzene rings is 1. The number of hydrogen-bond donors (Lipinski definition) is 3. The van der Waals surface area contributed by atoms with E-state index in [1.807, 2.05) is 19.1 Å². The zero-order chi connectivity index (χ0) is 18.2. The van der Waals surface area contributed by atoms with Crippen molar-refractivity contribution in [2.75, 3.05) is 0 Å². The Labute approximate surface area is 150 Å². The number of halogens is 1. The van der Waals surface area contributed by atoms with E-state index in [0.29, 0.717) is 22.8 Å². The molecule has 0 atom stereocenters. The number of nitrogens with one attached hydrogen (secondary N) is 1. The van der Waals surface area contributed by atoms with Crippen LogP contribution in [0.4, 0.5) is 10.1 Å². The fraction of sp³-hybridized carbons (Fsp3) is 0.111. The largest absolute Gasteiger partial charge is 0.386 e. The van der Waals surface area contributed by atoms with Crippen molar-refractivity contribution >= 4 is 23.3 Å². The molecule has 2 aromatic rings. The standard InChI is InChI=1S/C18H20FN5S/c1-3-13(23-12(2)20)11-18(21)24-14-4-5-17(16(19)10-14)25-15-6-8-22-9-7-15/h4-11,23H,2-3,20H2,1H3,(H2,21,24). The third-order valence-corrected chi connectivity index (χ3v) is 4.13. The first-order valence-electron chi connectivity index (χ1n) is 7.61. The molecule has 0 amide bonds. The summed E-state index contributed by atoms with van der Waals surface area (Å²) in [7, 11) is 0. The summed E-state index contributed by atoms with van der Waals surface area (Å²) in [6.07, 6.45) is 5.67. The minimum atomic E-state index is -0.357. The number of nitrogens with two attached hydrogens (primary N) is 2. The van der Waals surface area contributed by atoms with E-state index in [0.717, 1.165) is 10.6 Å². The number of aromatic nitrogens is 1. The van der Waals surface area contributed by atoms with Crippen LogP contribution in [0.5, 0.6) is 0 Å². The minimum Gasteiger partial charge on any atom is -0.386 e. The Bertz CT molecular complexity index is 802. The topological polar surface area (TPSA) is 89.3 Å². The monoisotopic (exact) mass is 357 g/mol. The second-order valence-corrected chi connectivity index (χ2v) is 6.23. The summed E-state index contributed by atoms with van der Waals surface area (Å²) in [4.78, 5) is 9.57. The van der Waals surface area contributed by atoms with Gasteiger partial charge in [-0.05, 0) is 36.8 Å². The Morgan fingerprint density at radius 2 is 2.04 bits per heavy atom. The Balaban J connectivity index is 2.16. The predicted molar refractivity (Wildman–Crippen MR) is 101 cm³/mol. The molecule has 0 fully saturated rings. The van der Waals surface area contributed by atoms with Gasteiger partial charge in [-0.15, -0.1) is 0 Å². The van der Waals surface area contributed by atoms with Crippen LogP contribution in [0.25, 0.3) is 0 Å². The molecule has 0 unspecified atom stereocenters. The zero-order valence-corrected chi connectivity index (χ0v) is 14.7. The van der Waals surface area contributed by atoms with Gasteiger partial charge in [-0.25, -0.2) is 9.38 Å². The van der Waals surface area contributed by atoms with Crippen LogP contribution in [-0.2, 0) is 0 Å². The van der Waals surface area contributed by atoms with Gasteiger partial charge in [-0.2, -0.15) is 0 Å². The molecule has 130 valence electrons. The highest BCUT2D eigenvalue weighted by Gasteiger charge is 2.06. The van der Waals surface area contributed by atoms with Crippen molar-refractivity contribution < 1.29 is 4.39 Å². The van der Waals surface area contributed by atoms with Crippen molar-refractivity contribution in [2.45, 2.75) is 23.1 Å². The molecular formula is C18H20FN5S. The summed E-state index contributed by atoms with van der Waals surface area (Å²) in [5.74, 6) is 0.216. The molecule has 0 aliphatic rings. The summed E-state index contributed by atoms with van der Waals surface area (Å²) in [5, 5.41) is 2.90. The molecule has 0 saturated heterocycles. The highest BCUT2D eigenvalue weighted by molar-refractivity contribution is 7.99. The van der Waals surface area contributed by atoms with E-state index in [2.05, 4.69) is 21.9 Å². The first-order chi connectivity index (χ1) is 12.0. The highest BCUT2D eigenvalue weighted by Crippen LogP contribution is 2.31. The first-order valence-corrected chi connectivity index (χ1v) is 8.43. The summed E-state index contributed by atoms with van der Waals surface area (Å²) in [6, 6.07) is 8.39. The van der Waals surface area contributed by atoms with E-state index >= 15 is 0 Å². The first kappa shape index (κ1) is 18.5. The van der Waals surface area contributed by atoms with Crippen LogP contribution < -0.4 is 16.8 Å². The van der Waals surface area contributed by atoms with Gasteiger partial charge >= 0.3 is 0 Å². The molecule has 5 N–H and O–H groups in total. The van der Waals surface area contributed by atoms with Crippen LogP contribution in [0.2, 0.25) is 0 Å². The predicted octanol–water partition coefficient (Wildman–Crippen LogP) is 3.67. The van der Waals surface area contributed by atoms with Gasteiger partial charge in [0, 0.05) is 33.9 Å². The molecule has 2 rings (SSSR count). The molecule has 7 heteroatoms. The lowest BCUT2D eigenvalue weighted by atomic mass is 10.3. The molecule has 1 aromatic carbocycles. The lowest BCUT2D eigenvalue weighted by Crippen LogP contribution is -2.20. The van der Waals surface area contributed by atoms with Crippen LogP contribution in [0.1, 0.15) is 13.3 Å². The van der Waals surface area contributed by atoms with Gasteiger partial charge in [-0.1, -0.05) is 25.3 Å². The second kappa shape index (κ2) is 8.89. The molecule has 0 radical (unpaired) electrons. The molecule has 25 heavy (non-hydrogen) atoms. The lowest BCUT2D eigenvalue weighted by Gasteiger charge is -2.08. The minimum absolute atomic E-state index is 0.250. The number of pyridine rings is 1. The molecule has 0 spiro atoms. The molecule has 1 heterocycles. The molecular weight excluding hydrogens is 337 g/mol. The number of aliphatic imine (C=N–C) groups is 1. The third kappa shape index (κ3) is 5.96. The van der Waals surface area contributed by atoms with Crippen LogP contribution in [0.3, 0.4) is 0 Å². The smallest absolute Gasteiger partial charge is 0.139 e. The van der Waals surface area contributed by atoms with Crippen molar-refractivity contribution in [2.24, 2.45) is 16.5 Å². The van der Waals surface area contributed by atoms with E-state index in [4.69, 9.17) is 11.5 Å². The number of rotatable bonds is 7. The maximum Gasteiger partial charge on any atom is 0.139 e. The summed E-state index contributed by atoms with van der Waals surface area (Å²) < 4.78 is 14.3. The number of allylic oxidation sites excluding steroid dienone is 1. The highest BCUT2D eigenvalue weighted by atomic mass is 32.2. The fourth-order valence-corrected chi connectivity index (χ4v) is 2.77. The van der Waals surface area contributed by atoms with E-state index in [-0.39, 0.29) is 11.7 Å². The molecule has 0 bridgehead atoms. The van der Waals surface area contributed by atoms with E-state index in [1.165, 1.54) is 17.8 Å².